The zero-order chi connectivity index (χ0) is 18.2. The highest BCUT2D eigenvalue weighted by molar-refractivity contribution is 7.90. The maximum atomic E-state index is 11.6. The molecular weight excluding hydrogens is 376 g/mol. The third kappa shape index (κ3) is 4.40. The third-order valence-corrected chi connectivity index (χ3v) is 5.93. The summed E-state index contributed by atoms with van der Waals surface area (Å²) in [6.45, 7) is 6.77. The minimum atomic E-state index is -3.22. The highest BCUT2D eigenvalue weighted by Gasteiger charge is 2.33. The molecule has 1 aliphatic heterocycles. The van der Waals surface area contributed by atoms with E-state index in [4.69, 9.17) is 5.73 Å². The van der Waals surface area contributed by atoms with Crippen LogP contribution in [-0.4, -0.2) is 58.9 Å². The number of aromatic nitrogens is 4. The highest BCUT2D eigenvalue weighted by atomic mass is 35.5. The first-order valence-corrected chi connectivity index (χ1v) is 10.1. The molecule has 1 atom stereocenters. The summed E-state index contributed by atoms with van der Waals surface area (Å²) in [7, 11) is -3.22. The van der Waals surface area contributed by atoms with Crippen LogP contribution in [-0.2, 0) is 16.4 Å². The van der Waals surface area contributed by atoms with E-state index >= 15 is 0 Å². The van der Waals surface area contributed by atoms with Crippen molar-refractivity contribution in [1.29, 1.82) is 0 Å². The van der Waals surface area contributed by atoms with E-state index < -0.39 is 9.84 Å². The molecule has 8 nitrogen and oxygen atoms in total. The third-order valence-electron chi connectivity index (χ3n) is 4.80. The Labute approximate surface area is 160 Å². The molecule has 1 unspecified atom stereocenters. The monoisotopic (exact) mass is 400 g/mol. The first kappa shape index (κ1) is 20.8. The van der Waals surface area contributed by atoms with Crippen molar-refractivity contribution in [2.45, 2.75) is 37.8 Å². The summed E-state index contributed by atoms with van der Waals surface area (Å²) < 4.78 is 24.8. The average Bonchev–Trinajstić information content (AvgIpc) is 2.98. The van der Waals surface area contributed by atoms with Crippen molar-refractivity contribution in [3.05, 3.63) is 30.1 Å². The fourth-order valence-electron chi connectivity index (χ4n) is 3.16. The quantitative estimate of drug-likeness (QED) is 0.817. The summed E-state index contributed by atoms with van der Waals surface area (Å²) in [5.41, 5.74) is 6.98. The van der Waals surface area contributed by atoms with Crippen LogP contribution in [0.4, 0.5) is 0 Å². The molecule has 0 amide bonds. The lowest BCUT2D eigenvalue weighted by Crippen LogP contribution is -2.52. The lowest BCUT2D eigenvalue weighted by molar-refractivity contribution is 0.0872. The van der Waals surface area contributed by atoms with Gasteiger partial charge >= 0.3 is 0 Å². The van der Waals surface area contributed by atoms with Gasteiger partial charge in [0, 0.05) is 25.4 Å². The zero-order valence-electron chi connectivity index (χ0n) is 15.2. The van der Waals surface area contributed by atoms with E-state index in [-0.39, 0.29) is 28.8 Å². The number of rotatable bonds is 4. The second kappa shape index (κ2) is 7.59. The SMILES string of the molecule is CC1(C)CN(Cc2nnnn2-c2ccc(S(C)(=O)=O)cc2)CCC1N.Cl. The van der Waals surface area contributed by atoms with Crippen molar-refractivity contribution in [3.8, 4) is 5.69 Å². The van der Waals surface area contributed by atoms with Crippen LogP contribution >= 0.6 is 12.4 Å². The lowest BCUT2D eigenvalue weighted by Gasteiger charge is -2.42. The van der Waals surface area contributed by atoms with Crippen LogP contribution in [0.5, 0.6) is 0 Å². The molecule has 0 aliphatic carbocycles. The van der Waals surface area contributed by atoms with Crippen LogP contribution in [0.2, 0.25) is 0 Å². The number of hydrogen-bond donors (Lipinski definition) is 1. The molecule has 2 N–H and O–H groups in total. The molecule has 2 heterocycles. The van der Waals surface area contributed by atoms with E-state index in [0.29, 0.717) is 6.54 Å². The van der Waals surface area contributed by atoms with Crippen molar-refractivity contribution < 1.29 is 8.42 Å². The van der Waals surface area contributed by atoms with Crippen molar-refractivity contribution >= 4 is 22.2 Å². The molecule has 1 aromatic carbocycles. The summed E-state index contributed by atoms with van der Waals surface area (Å²) in [4.78, 5) is 2.58. The maximum Gasteiger partial charge on any atom is 0.175 e. The summed E-state index contributed by atoms with van der Waals surface area (Å²) >= 11 is 0. The number of tetrazole rings is 1. The van der Waals surface area contributed by atoms with Crippen molar-refractivity contribution in [1.82, 2.24) is 25.1 Å². The summed E-state index contributed by atoms with van der Waals surface area (Å²) in [6, 6.07) is 6.76. The standard InChI is InChI=1S/C16H24N6O2S.ClH/c1-16(2)11-21(9-8-14(16)17)10-15-18-19-20-22(15)12-4-6-13(7-5-12)25(3,23)24;/h4-7,14H,8-11,17H2,1-3H3;1H. The normalized spacial score (nSPS) is 20.5. The van der Waals surface area contributed by atoms with Crippen LogP contribution < -0.4 is 5.73 Å². The van der Waals surface area contributed by atoms with E-state index in [0.717, 1.165) is 31.0 Å². The van der Waals surface area contributed by atoms with Crippen LogP contribution in [0.1, 0.15) is 26.1 Å². The fourth-order valence-corrected chi connectivity index (χ4v) is 3.79. The van der Waals surface area contributed by atoms with Crippen molar-refractivity contribution in [2.24, 2.45) is 11.1 Å². The molecule has 0 bridgehead atoms. The second-order valence-electron chi connectivity index (χ2n) is 7.37. The second-order valence-corrected chi connectivity index (χ2v) is 9.38. The number of hydrogen-bond acceptors (Lipinski definition) is 7. The molecule has 0 radical (unpaired) electrons. The molecule has 1 aliphatic rings. The number of likely N-dealkylation sites (tertiary alicyclic amines) is 1. The first-order chi connectivity index (χ1) is 11.7. The predicted octanol–water partition coefficient (Wildman–Crippen LogP) is 1.05. The first-order valence-electron chi connectivity index (χ1n) is 8.22. The summed E-state index contributed by atoms with van der Waals surface area (Å²) in [6.07, 6.45) is 2.13. The molecule has 0 saturated carbocycles. The van der Waals surface area contributed by atoms with Gasteiger partial charge in [0.2, 0.25) is 0 Å². The Morgan fingerprint density at radius 2 is 1.92 bits per heavy atom. The maximum absolute atomic E-state index is 11.6. The van der Waals surface area contributed by atoms with Gasteiger partial charge in [0.15, 0.2) is 15.7 Å². The van der Waals surface area contributed by atoms with E-state index in [1.54, 1.807) is 28.9 Å². The molecular formula is C16H25ClN6O2S. The Balaban J connectivity index is 0.00000243. The molecule has 2 aromatic rings. The number of piperidine rings is 1. The Bertz CT molecular complexity index is 850. The van der Waals surface area contributed by atoms with Gasteiger partial charge in [-0.05, 0) is 46.5 Å². The molecule has 3 rings (SSSR count). The van der Waals surface area contributed by atoms with Gasteiger partial charge in [0.05, 0.1) is 17.1 Å². The van der Waals surface area contributed by atoms with Crippen LogP contribution in [0.15, 0.2) is 29.2 Å². The van der Waals surface area contributed by atoms with Crippen LogP contribution in [0.25, 0.3) is 5.69 Å². The van der Waals surface area contributed by atoms with E-state index in [1.807, 2.05) is 0 Å². The number of halogens is 1. The van der Waals surface area contributed by atoms with E-state index in [2.05, 4.69) is 34.3 Å². The molecule has 1 saturated heterocycles. The number of nitrogens with two attached hydrogens (primary N) is 1. The number of sulfone groups is 1. The average molecular weight is 401 g/mol. The molecule has 10 heteroatoms. The summed E-state index contributed by atoms with van der Waals surface area (Å²) in [5, 5.41) is 12.0. The predicted molar refractivity (Wildman–Crippen MR) is 101 cm³/mol. The Morgan fingerprint density at radius 3 is 2.50 bits per heavy atom. The molecule has 1 fully saturated rings. The molecule has 144 valence electrons. The van der Waals surface area contributed by atoms with Crippen molar-refractivity contribution in [3.63, 3.8) is 0 Å². The topological polar surface area (TPSA) is 107 Å². The molecule has 1 aromatic heterocycles. The Morgan fingerprint density at radius 1 is 1.27 bits per heavy atom. The zero-order valence-corrected chi connectivity index (χ0v) is 16.8. The number of nitrogens with zero attached hydrogens (tertiary/aromatic N) is 5. The van der Waals surface area contributed by atoms with Gasteiger partial charge in [-0.2, -0.15) is 4.68 Å². The van der Waals surface area contributed by atoms with Gasteiger partial charge < -0.3 is 5.73 Å². The molecule has 26 heavy (non-hydrogen) atoms. The van der Waals surface area contributed by atoms with Gasteiger partial charge in [-0.1, -0.05) is 13.8 Å². The van der Waals surface area contributed by atoms with Gasteiger partial charge in [-0.25, -0.2) is 8.42 Å². The highest BCUT2D eigenvalue weighted by Crippen LogP contribution is 2.28. The van der Waals surface area contributed by atoms with Gasteiger partial charge in [0.25, 0.3) is 0 Å². The fraction of sp³-hybridized carbons (Fsp3) is 0.562. The minimum absolute atomic E-state index is 0. The van der Waals surface area contributed by atoms with Gasteiger partial charge in [-0.15, -0.1) is 17.5 Å². The number of benzene rings is 1. The van der Waals surface area contributed by atoms with Crippen LogP contribution in [0.3, 0.4) is 0 Å². The molecule has 0 spiro atoms. The Kier molecular flexibility index (Phi) is 6.06. The van der Waals surface area contributed by atoms with Gasteiger partial charge in [0.1, 0.15) is 0 Å². The van der Waals surface area contributed by atoms with Gasteiger partial charge in [-0.3, -0.25) is 4.90 Å². The lowest BCUT2D eigenvalue weighted by atomic mass is 9.80. The van der Waals surface area contributed by atoms with E-state index in [9.17, 15) is 8.42 Å². The Hall–Kier alpha value is -1.55. The van der Waals surface area contributed by atoms with E-state index in [1.165, 1.54) is 6.26 Å². The smallest absolute Gasteiger partial charge is 0.175 e. The summed E-state index contributed by atoms with van der Waals surface area (Å²) in [5.74, 6) is 0.721. The largest absolute Gasteiger partial charge is 0.327 e. The van der Waals surface area contributed by atoms with Crippen LogP contribution in [0, 0.1) is 5.41 Å². The van der Waals surface area contributed by atoms with Crippen molar-refractivity contribution in [2.75, 3.05) is 19.3 Å². The minimum Gasteiger partial charge on any atom is -0.327 e.